The van der Waals surface area contributed by atoms with E-state index in [4.69, 9.17) is 0 Å². The van der Waals surface area contributed by atoms with Gasteiger partial charge in [0.05, 0.1) is 19.6 Å². The number of hydrogen-bond donors (Lipinski definition) is 0. The molecule has 188 valence electrons. The Kier molecular flexibility index (Phi) is 7.74. The Balaban J connectivity index is 1.35. The number of nitro groups is 2. The molecule has 0 saturated carbocycles. The fourth-order valence-electron chi connectivity index (χ4n) is 3.95. The number of benzene rings is 4. The van der Waals surface area contributed by atoms with Crippen molar-refractivity contribution in [2.75, 3.05) is 0 Å². The molecule has 0 spiro atoms. The zero-order chi connectivity index (χ0) is 26.4. The maximum Gasteiger partial charge on any atom is 0.269 e. The molecule has 0 unspecified atom stereocenters. The van der Waals surface area contributed by atoms with Crippen molar-refractivity contribution in [1.29, 1.82) is 0 Å². The predicted octanol–water partition coefficient (Wildman–Crippen LogP) is 5.91. The van der Waals surface area contributed by atoms with Crippen LogP contribution in [0.25, 0.3) is 0 Å². The van der Waals surface area contributed by atoms with Gasteiger partial charge in [0.2, 0.25) is 9.84 Å². The highest BCUT2D eigenvalue weighted by molar-refractivity contribution is 7.91. The van der Waals surface area contributed by atoms with Crippen LogP contribution < -0.4 is 0 Å². The van der Waals surface area contributed by atoms with Crippen molar-refractivity contribution in [3.63, 3.8) is 0 Å². The molecule has 8 nitrogen and oxygen atoms in total. The molecule has 0 aliphatic carbocycles. The van der Waals surface area contributed by atoms with E-state index in [2.05, 4.69) is 0 Å². The van der Waals surface area contributed by atoms with Gasteiger partial charge in [0.15, 0.2) is 0 Å². The third kappa shape index (κ3) is 6.45. The van der Waals surface area contributed by atoms with Crippen LogP contribution in [0.3, 0.4) is 0 Å². The molecule has 0 aromatic heterocycles. The van der Waals surface area contributed by atoms with E-state index in [0.29, 0.717) is 25.7 Å². The van der Waals surface area contributed by atoms with E-state index in [1.807, 2.05) is 0 Å². The third-order valence-corrected chi connectivity index (χ3v) is 7.95. The summed E-state index contributed by atoms with van der Waals surface area (Å²) in [5.41, 5.74) is 3.98. The number of nitro benzene ring substituents is 2. The Labute approximate surface area is 214 Å². The molecule has 0 fully saturated rings. The quantitative estimate of drug-likeness (QED) is 0.191. The van der Waals surface area contributed by atoms with E-state index in [1.54, 1.807) is 72.8 Å². The fourth-order valence-corrected chi connectivity index (χ4v) is 5.21. The Morgan fingerprint density at radius 1 is 0.459 bits per heavy atom. The highest BCUT2D eigenvalue weighted by Gasteiger charge is 2.17. The molecule has 0 bridgehead atoms. The van der Waals surface area contributed by atoms with Gasteiger partial charge >= 0.3 is 0 Å². The van der Waals surface area contributed by atoms with Gasteiger partial charge in [-0.15, -0.1) is 0 Å². The Morgan fingerprint density at radius 3 is 0.946 bits per heavy atom. The first-order valence-corrected chi connectivity index (χ1v) is 13.1. The van der Waals surface area contributed by atoms with Crippen molar-refractivity contribution in [3.05, 3.63) is 140 Å². The maximum atomic E-state index is 13.1. The Bertz CT molecular complexity index is 1390. The molecule has 0 saturated heterocycles. The number of nitrogens with zero attached hydrogens (tertiary/aromatic N) is 2. The summed E-state index contributed by atoms with van der Waals surface area (Å²) in [6.07, 6.45) is 2.74. The minimum Gasteiger partial charge on any atom is -0.258 e. The standard InChI is InChI=1S/C28H24N2O6S/c31-29(32)25-13-5-21(6-14-25)1-3-23-9-17-27(18-10-23)37(35,36)28-19-11-24(12-20-28)4-2-22-7-15-26(16-8-22)30(33)34/h5-20H,1-4H2. The number of sulfone groups is 1. The summed E-state index contributed by atoms with van der Waals surface area (Å²) in [5, 5.41) is 21.5. The highest BCUT2D eigenvalue weighted by Crippen LogP contribution is 2.23. The molecule has 0 amide bonds. The molecule has 4 aromatic carbocycles. The molecule has 0 aliphatic rings. The van der Waals surface area contributed by atoms with Gasteiger partial charge in [-0.1, -0.05) is 48.5 Å². The molecular weight excluding hydrogens is 492 g/mol. The van der Waals surface area contributed by atoms with Crippen LogP contribution in [0.15, 0.2) is 107 Å². The van der Waals surface area contributed by atoms with E-state index in [-0.39, 0.29) is 21.2 Å². The van der Waals surface area contributed by atoms with Crippen LogP contribution in [0.5, 0.6) is 0 Å². The van der Waals surface area contributed by atoms with Crippen LogP contribution >= 0.6 is 0 Å². The lowest BCUT2D eigenvalue weighted by atomic mass is 10.0. The summed E-state index contributed by atoms with van der Waals surface area (Å²) >= 11 is 0. The second kappa shape index (κ2) is 11.1. The number of non-ortho nitro benzene ring substituents is 2. The third-order valence-electron chi connectivity index (χ3n) is 6.17. The summed E-state index contributed by atoms with van der Waals surface area (Å²) in [6.45, 7) is 0. The summed E-state index contributed by atoms with van der Waals surface area (Å²) in [4.78, 5) is 21.1. The van der Waals surface area contributed by atoms with Gasteiger partial charge in [-0.25, -0.2) is 8.42 Å². The van der Waals surface area contributed by atoms with E-state index >= 15 is 0 Å². The monoisotopic (exact) mass is 516 g/mol. The average molecular weight is 517 g/mol. The summed E-state index contributed by atoms with van der Waals surface area (Å²) in [6, 6.07) is 26.4. The number of aryl methyl sites for hydroxylation is 4. The van der Waals surface area contributed by atoms with Crippen molar-refractivity contribution in [3.8, 4) is 0 Å². The van der Waals surface area contributed by atoms with E-state index < -0.39 is 19.7 Å². The summed E-state index contributed by atoms with van der Waals surface area (Å²) in [5.74, 6) is 0. The second-order valence-electron chi connectivity index (χ2n) is 8.64. The molecule has 37 heavy (non-hydrogen) atoms. The van der Waals surface area contributed by atoms with Gasteiger partial charge in [-0.05, 0) is 72.2 Å². The smallest absolute Gasteiger partial charge is 0.258 e. The van der Waals surface area contributed by atoms with Crippen molar-refractivity contribution in [2.24, 2.45) is 0 Å². The Morgan fingerprint density at radius 2 is 0.703 bits per heavy atom. The van der Waals surface area contributed by atoms with Crippen molar-refractivity contribution in [1.82, 2.24) is 0 Å². The van der Waals surface area contributed by atoms with E-state index in [1.165, 1.54) is 24.3 Å². The van der Waals surface area contributed by atoms with Crippen LogP contribution in [0.1, 0.15) is 22.3 Å². The van der Waals surface area contributed by atoms with Crippen LogP contribution in [0, 0.1) is 20.2 Å². The van der Waals surface area contributed by atoms with Crippen molar-refractivity contribution < 1.29 is 18.3 Å². The molecule has 4 aromatic rings. The zero-order valence-electron chi connectivity index (χ0n) is 19.8. The lowest BCUT2D eigenvalue weighted by molar-refractivity contribution is -0.385. The minimum atomic E-state index is -3.66. The van der Waals surface area contributed by atoms with Crippen molar-refractivity contribution >= 4 is 21.2 Å². The first-order chi connectivity index (χ1) is 17.7. The first-order valence-electron chi connectivity index (χ1n) is 11.6. The van der Waals surface area contributed by atoms with Crippen LogP contribution in [-0.4, -0.2) is 18.3 Å². The van der Waals surface area contributed by atoms with E-state index in [9.17, 15) is 28.6 Å². The molecule has 4 rings (SSSR count). The second-order valence-corrected chi connectivity index (χ2v) is 10.6. The fraction of sp³-hybridized carbons (Fsp3) is 0.143. The van der Waals surface area contributed by atoms with E-state index in [0.717, 1.165) is 22.3 Å². The van der Waals surface area contributed by atoms with Gasteiger partial charge in [0.25, 0.3) is 11.4 Å². The zero-order valence-corrected chi connectivity index (χ0v) is 20.6. The number of hydrogen-bond acceptors (Lipinski definition) is 6. The first kappa shape index (κ1) is 25.7. The van der Waals surface area contributed by atoms with Gasteiger partial charge in [-0.3, -0.25) is 20.2 Å². The van der Waals surface area contributed by atoms with Gasteiger partial charge < -0.3 is 0 Å². The summed E-state index contributed by atoms with van der Waals surface area (Å²) < 4.78 is 26.2. The molecule has 0 heterocycles. The van der Waals surface area contributed by atoms with Gasteiger partial charge in [0.1, 0.15) is 0 Å². The molecule has 0 aliphatic heterocycles. The number of rotatable bonds is 10. The van der Waals surface area contributed by atoms with Crippen molar-refractivity contribution in [2.45, 2.75) is 35.5 Å². The average Bonchev–Trinajstić information content (AvgIpc) is 2.91. The summed E-state index contributed by atoms with van der Waals surface area (Å²) in [7, 11) is -3.66. The van der Waals surface area contributed by atoms with Crippen LogP contribution in [0.4, 0.5) is 11.4 Å². The highest BCUT2D eigenvalue weighted by atomic mass is 32.2. The van der Waals surface area contributed by atoms with Gasteiger partial charge in [0, 0.05) is 24.3 Å². The lowest BCUT2D eigenvalue weighted by Gasteiger charge is -2.08. The molecular formula is C28H24N2O6S. The van der Waals surface area contributed by atoms with Gasteiger partial charge in [-0.2, -0.15) is 0 Å². The maximum absolute atomic E-state index is 13.1. The SMILES string of the molecule is O=[N+]([O-])c1ccc(CCc2ccc(S(=O)(=O)c3ccc(CCc4ccc([N+](=O)[O-])cc4)cc3)cc2)cc1. The predicted molar refractivity (Wildman–Crippen MR) is 139 cm³/mol. The molecule has 0 atom stereocenters. The normalized spacial score (nSPS) is 11.2. The van der Waals surface area contributed by atoms with Crippen LogP contribution in [-0.2, 0) is 35.5 Å². The minimum absolute atomic E-state index is 0.0517. The Hall–Kier alpha value is -4.37. The lowest BCUT2D eigenvalue weighted by Crippen LogP contribution is -2.03. The molecule has 9 heteroatoms. The topological polar surface area (TPSA) is 120 Å². The largest absolute Gasteiger partial charge is 0.269 e. The molecule has 0 radical (unpaired) electrons. The molecule has 0 N–H and O–H groups in total. The van der Waals surface area contributed by atoms with Crippen LogP contribution in [0.2, 0.25) is 0 Å².